The van der Waals surface area contributed by atoms with Crippen LogP contribution in [0.2, 0.25) is 0 Å². The van der Waals surface area contributed by atoms with Crippen LogP contribution >= 0.6 is 0 Å². The molecule has 0 fully saturated rings. The second-order valence-electron chi connectivity index (χ2n) is 8.21. The Kier molecular flexibility index (Phi) is 6.70. The lowest BCUT2D eigenvalue weighted by atomic mass is 9.84. The number of benzene rings is 1. The van der Waals surface area contributed by atoms with E-state index in [0.717, 1.165) is 43.5 Å². The van der Waals surface area contributed by atoms with Crippen LogP contribution in [-0.2, 0) is 31.3 Å². The summed E-state index contributed by atoms with van der Waals surface area (Å²) < 4.78 is 2.27. The van der Waals surface area contributed by atoms with E-state index in [2.05, 4.69) is 75.4 Å². The molecule has 2 heterocycles. The highest BCUT2D eigenvalue weighted by atomic mass is 15.3. The summed E-state index contributed by atoms with van der Waals surface area (Å²) >= 11 is 0. The summed E-state index contributed by atoms with van der Waals surface area (Å²) in [6.45, 7) is 9.16. The van der Waals surface area contributed by atoms with Crippen molar-refractivity contribution in [1.82, 2.24) is 25.4 Å². The van der Waals surface area contributed by atoms with Gasteiger partial charge in [0.2, 0.25) is 0 Å². The van der Waals surface area contributed by atoms with Crippen molar-refractivity contribution in [3.63, 3.8) is 0 Å². The molecule has 1 aliphatic heterocycles. The summed E-state index contributed by atoms with van der Waals surface area (Å²) in [4.78, 5) is 4.38. The molecule has 152 valence electrons. The van der Waals surface area contributed by atoms with Crippen LogP contribution in [0.25, 0.3) is 0 Å². The molecular formula is C22H34N6. The minimum Gasteiger partial charge on any atom is -0.356 e. The van der Waals surface area contributed by atoms with Crippen LogP contribution in [-0.4, -0.2) is 34.3 Å². The largest absolute Gasteiger partial charge is 0.356 e. The summed E-state index contributed by atoms with van der Waals surface area (Å²) in [5.41, 5.74) is 2.71. The third-order valence-electron chi connectivity index (χ3n) is 5.67. The van der Waals surface area contributed by atoms with Gasteiger partial charge in [0.05, 0.1) is 6.54 Å². The molecule has 0 bridgehead atoms. The number of nitrogens with zero attached hydrogens (tertiary/aromatic N) is 4. The van der Waals surface area contributed by atoms with E-state index in [4.69, 9.17) is 0 Å². The van der Waals surface area contributed by atoms with Crippen molar-refractivity contribution in [1.29, 1.82) is 0 Å². The van der Waals surface area contributed by atoms with Gasteiger partial charge in [-0.3, -0.25) is 4.99 Å². The first-order valence-corrected chi connectivity index (χ1v) is 10.5. The maximum atomic E-state index is 4.39. The van der Waals surface area contributed by atoms with Gasteiger partial charge in [-0.05, 0) is 30.4 Å². The van der Waals surface area contributed by atoms with Gasteiger partial charge < -0.3 is 15.2 Å². The number of hydrogen-bond acceptors (Lipinski definition) is 3. The van der Waals surface area contributed by atoms with Gasteiger partial charge in [-0.2, -0.15) is 0 Å². The molecule has 2 aromatic rings. The maximum Gasteiger partial charge on any atom is 0.191 e. The highest BCUT2D eigenvalue weighted by molar-refractivity contribution is 5.79. The molecule has 1 aliphatic rings. The van der Waals surface area contributed by atoms with Gasteiger partial charge in [0.1, 0.15) is 5.82 Å². The molecule has 0 unspecified atom stereocenters. The molecule has 2 N–H and O–H groups in total. The van der Waals surface area contributed by atoms with Crippen LogP contribution in [0.3, 0.4) is 0 Å². The van der Waals surface area contributed by atoms with Crippen LogP contribution in [0.15, 0.2) is 29.3 Å². The number of aryl methyl sites for hydroxylation is 2. The Morgan fingerprint density at radius 1 is 1.11 bits per heavy atom. The Morgan fingerprint density at radius 2 is 1.89 bits per heavy atom. The van der Waals surface area contributed by atoms with Gasteiger partial charge in [-0.25, -0.2) is 0 Å². The van der Waals surface area contributed by atoms with Crippen molar-refractivity contribution < 1.29 is 0 Å². The van der Waals surface area contributed by atoms with Crippen molar-refractivity contribution in [2.24, 2.45) is 4.99 Å². The molecule has 0 radical (unpaired) electrons. The number of nitrogens with one attached hydrogen (secondary N) is 2. The predicted octanol–water partition coefficient (Wildman–Crippen LogP) is 3.21. The second kappa shape index (κ2) is 9.22. The molecule has 0 saturated heterocycles. The molecule has 6 nitrogen and oxygen atoms in total. The fourth-order valence-electron chi connectivity index (χ4n) is 3.66. The van der Waals surface area contributed by atoms with E-state index in [1.54, 1.807) is 0 Å². The standard InChI is InChI=1S/C22H34N6/c1-5-17-10-12-18(13-11-17)22(2,3)16-25-21(23-4)24-15-20-27-26-19-9-7-6-8-14-28(19)20/h10-13H,5-9,14-16H2,1-4H3,(H2,23,24,25). The summed E-state index contributed by atoms with van der Waals surface area (Å²) in [5, 5.41) is 15.6. The normalized spacial score (nSPS) is 15.1. The fraction of sp³-hybridized carbons (Fsp3) is 0.591. The van der Waals surface area contributed by atoms with Crippen LogP contribution in [0.1, 0.15) is 62.8 Å². The average molecular weight is 383 g/mol. The maximum absolute atomic E-state index is 4.39. The summed E-state index contributed by atoms with van der Waals surface area (Å²) in [6.07, 6.45) is 5.79. The number of aromatic nitrogens is 3. The Hall–Kier alpha value is -2.37. The van der Waals surface area contributed by atoms with E-state index >= 15 is 0 Å². The summed E-state index contributed by atoms with van der Waals surface area (Å²) in [7, 11) is 1.81. The molecule has 0 atom stereocenters. The molecule has 3 rings (SSSR count). The van der Waals surface area contributed by atoms with Crippen molar-refractivity contribution in [2.45, 2.75) is 71.4 Å². The fourth-order valence-corrected chi connectivity index (χ4v) is 3.66. The van der Waals surface area contributed by atoms with Gasteiger partial charge in [0, 0.05) is 32.0 Å². The lowest BCUT2D eigenvalue weighted by Crippen LogP contribution is -2.43. The Labute approximate surface area is 168 Å². The quantitative estimate of drug-likeness (QED) is 0.595. The molecule has 1 aromatic heterocycles. The molecule has 6 heteroatoms. The summed E-state index contributed by atoms with van der Waals surface area (Å²) in [5.74, 6) is 2.91. The van der Waals surface area contributed by atoms with Crippen molar-refractivity contribution in [3.8, 4) is 0 Å². The molecule has 0 amide bonds. The van der Waals surface area contributed by atoms with Crippen molar-refractivity contribution in [2.75, 3.05) is 13.6 Å². The first-order valence-electron chi connectivity index (χ1n) is 10.5. The van der Waals surface area contributed by atoms with Crippen molar-refractivity contribution >= 4 is 5.96 Å². The Morgan fingerprint density at radius 3 is 2.61 bits per heavy atom. The Bertz CT molecular complexity index is 788. The van der Waals surface area contributed by atoms with E-state index in [0.29, 0.717) is 6.54 Å². The molecule has 0 spiro atoms. The van der Waals surface area contributed by atoms with Gasteiger partial charge in [0.25, 0.3) is 0 Å². The number of rotatable bonds is 6. The first-order chi connectivity index (χ1) is 13.5. The van der Waals surface area contributed by atoms with Crippen LogP contribution in [0.4, 0.5) is 0 Å². The molecule has 28 heavy (non-hydrogen) atoms. The third kappa shape index (κ3) is 4.91. The summed E-state index contributed by atoms with van der Waals surface area (Å²) in [6, 6.07) is 8.92. The number of aliphatic imine (C=N–C) groups is 1. The SMILES string of the molecule is CCc1ccc(C(C)(C)CNC(=NC)NCc2nnc3n2CCCCC3)cc1. The van der Waals surface area contributed by atoms with Crippen molar-refractivity contribution in [3.05, 3.63) is 47.0 Å². The van der Waals surface area contributed by atoms with E-state index in [1.807, 2.05) is 7.05 Å². The van der Waals surface area contributed by atoms with Gasteiger partial charge >= 0.3 is 0 Å². The van der Waals surface area contributed by atoms with E-state index in [-0.39, 0.29) is 5.41 Å². The first kappa shape index (κ1) is 20.4. The van der Waals surface area contributed by atoms with E-state index < -0.39 is 0 Å². The number of fused-ring (bicyclic) bond motifs is 1. The lowest BCUT2D eigenvalue weighted by molar-refractivity contribution is 0.507. The highest BCUT2D eigenvalue weighted by Crippen LogP contribution is 2.22. The van der Waals surface area contributed by atoms with Crippen LogP contribution in [0.5, 0.6) is 0 Å². The number of guanidine groups is 1. The molecule has 1 aromatic carbocycles. The van der Waals surface area contributed by atoms with Gasteiger partial charge in [-0.15, -0.1) is 10.2 Å². The monoisotopic (exact) mass is 382 g/mol. The second-order valence-corrected chi connectivity index (χ2v) is 8.21. The smallest absolute Gasteiger partial charge is 0.191 e. The topological polar surface area (TPSA) is 67.1 Å². The van der Waals surface area contributed by atoms with Gasteiger partial charge in [-0.1, -0.05) is 51.5 Å². The zero-order chi connectivity index (χ0) is 20.0. The van der Waals surface area contributed by atoms with Gasteiger partial charge in [0.15, 0.2) is 11.8 Å². The highest BCUT2D eigenvalue weighted by Gasteiger charge is 2.21. The van der Waals surface area contributed by atoms with E-state index in [1.165, 1.54) is 30.4 Å². The lowest BCUT2D eigenvalue weighted by Gasteiger charge is -2.27. The Balaban J connectivity index is 1.56. The van der Waals surface area contributed by atoms with Crippen LogP contribution < -0.4 is 10.6 Å². The molecule has 0 aliphatic carbocycles. The van der Waals surface area contributed by atoms with Crippen LogP contribution in [0, 0.1) is 0 Å². The average Bonchev–Trinajstić information content (AvgIpc) is 2.94. The number of hydrogen-bond donors (Lipinski definition) is 2. The minimum absolute atomic E-state index is 0.00976. The minimum atomic E-state index is 0.00976. The predicted molar refractivity (Wildman–Crippen MR) is 115 cm³/mol. The zero-order valence-corrected chi connectivity index (χ0v) is 17.8. The molecular weight excluding hydrogens is 348 g/mol. The molecule has 0 saturated carbocycles. The zero-order valence-electron chi connectivity index (χ0n) is 17.8. The third-order valence-corrected chi connectivity index (χ3v) is 5.67. The van der Waals surface area contributed by atoms with E-state index in [9.17, 15) is 0 Å².